The van der Waals surface area contributed by atoms with Gasteiger partial charge in [-0.3, -0.25) is 0 Å². The Kier molecular flexibility index (Phi) is 10.5. The lowest BCUT2D eigenvalue weighted by Gasteiger charge is -2.32. The van der Waals surface area contributed by atoms with Crippen molar-refractivity contribution in [3.8, 4) is 80.1 Å². The van der Waals surface area contributed by atoms with E-state index in [-0.39, 0.29) is 0 Å². The second-order valence-corrected chi connectivity index (χ2v) is 11.8. The van der Waals surface area contributed by atoms with Crippen molar-refractivity contribution in [2.75, 3.05) is 6.61 Å². The summed E-state index contributed by atoms with van der Waals surface area (Å²) in [7, 11) is 0. The zero-order valence-electron chi connectivity index (χ0n) is 27.9. The highest BCUT2D eigenvalue weighted by atomic mass is 16.6. The Balaban J connectivity index is 1.71. The minimum atomic E-state index is -2.96. The number of carboxylic acids is 1. The molecule has 300 valence electrons. The Morgan fingerprint density at radius 3 is 1.42 bits per heavy atom. The first-order valence-electron chi connectivity index (χ1n) is 15.4. The molecule has 57 heavy (non-hydrogen) atoms. The van der Waals surface area contributed by atoms with Crippen LogP contribution in [0.3, 0.4) is 0 Å². The minimum absolute atomic E-state index is 0.341. The average Bonchev–Trinajstić information content (AvgIpc) is 3.16. The molecule has 4 unspecified atom stereocenters. The number of aromatic hydroxyl groups is 12. The van der Waals surface area contributed by atoms with Crippen molar-refractivity contribution >= 4 is 29.8 Å². The van der Waals surface area contributed by atoms with Gasteiger partial charge in [0, 0.05) is 11.1 Å². The summed E-state index contributed by atoms with van der Waals surface area (Å²) in [5.41, 5.74) is -6.05. The lowest BCUT2D eigenvalue weighted by molar-refractivity contribution is -0.166. The summed E-state index contributed by atoms with van der Waals surface area (Å²) in [6.07, 6.45) is -11.1. The zero-order valence-corrected chi connectivity index (χ0v) is 27.9. The van der Waals surface area contributed by atoms with Crippen LogP contribution in [-0.2, 0) is 23.7 Å². The number of hydrogen-bond donors (Lipinski definition) is 14. The SMILES string of the molecule is O=C(OC1COC(=O)c2cc(O)c(O)c(O)c2-c2c(cc(O)c(O)c2O)C(=O)OC1C(O)C(OC(=O)c1cc(O)c(O)c(O)c1)C(=O)O)c1cc(O)c(O)c(O)c1. The van der Waals surface area contributed by atoms with Crippen LogP contribution in [0.1, 0.15) is 41.4 Å². The number of carboxylic acid groups (broad SMARTS) is 1. The highest BCUT2D eigenvalue weighted by molar-refractivity contribution is 6.08. The van der Waals surface area contributed by atoms with E-state index in [4.69, 9.17) is 18.9 Å². The number of aliphatic carboxylic acids is 1. The molecule has 4 aromatic rings. The van der Waals surface area contributed by atoms with E-state index in [2.05, 4.69) is 0 Å². The van der Waals surface area contributed by atoms with Gasteiger partial charge in [-0.2, -0.15) is 0 Å². The number of hydrogen-bond acceptors (Lipinski definition) is 22. The number of aliphatic hydroxyl groups excluding tert-OH is 1. The quantitative estimate of drug-likeness (QED) is 0.0683. The van der Waals surface area contributed by atoms with Crippen LogP contribution in [0.15, 0.2) is 36.4 Å². The Morgan fingerprint density at radius 2 is 0.982 bits per heavy atom. The molecule has 23 heteroatoms. The largest absolute Gasteiger partial charge is 0.504 e. The van der Waals surface area contributed by atoms with Gasteiger partial charge in [-0.15, -0.1) is 0 Å². The molecule has 5 rings (SSSR count). The monoisotopic (exact) mass is 802 g/mol. The van der Waals surface area contributed by atoms with Gasteiger partial charge in [0.1, 0.15) is 12.7 Å². The van der Waals surface area contributed by atoms with Gasteiger partial charge in [0.2, 0.25) is 17.6 Å². The second-order valence-electron chi connectivity index (χ2n) is 11.8. The van der Waals surface area contributed by atoms with E-state index < -0.39 is 163 Å². The molecule has 0 aromatic heterocycles. The van der Waals surface area contributed by atoms with Crippen LogP contribution in [0.25, 0.3) is 11.1 Å². The van der Waals surface area contributed by atoms with E-state index in [1.807, 2.05) is 0 Å². The molecule has 0 bridgehead atoms. The number of benzene rings is 4. The number of aliphatic hydroxyl groups is 1. The Labute approximate surface area is 314 Å². The molecule has 0 saturated heterocycles. The highest BCUT2D eigenvalue weighted by Gasteiger charge is 2.46. The van der Waals surface area contributed by atoms with Gasteiger partial charge in [0.15, 0.2) is 69.7 Å². The molecule has 0 radical (unpaired) electrons. The molecule has 1 aliphatic rings. The van der Waals surface area contributed by atoms with E-state index >= 15 is 0 Å². The third-order valence-electron chi connectivity index (χ3n) is 8.18. The molecule has 4 aromatic carbocycles. The maximum Gasteiger partial charge on any atom is 0.347 e. The van der Waals surface area contributed by atoms with Gasteiger partial charge in [0.25, 0.3) is 0 Å². The van der Waals surface area contributed by atoms with Crippen LogP contribution >= 0.6 is 0 Å². The van der Waals surface area contributed by atoms with Crippen LogP contribution in [0.4, 0.5) is 0 Å². The van der Waals surface area contributed by atoms with Crippen LogP contribution < -0.4 is 0 Å². The minimum Gasteiger partial charge on any atom is -0.504 e. The predicted octanol–water partition coefficient (Wildman–Crippen LogP) is 0.413. The first-order chi connectivity index (χ1) is 26.6. The number of carbonyl (C=O) groups is 5. The number of esters is 4. The summed E-state index contributed by atoms with van der Waals surface area (Å²) in [6, 6.07) is 2.81. The number of carbonyl (C=O) groups excluding carboxylic acids is 4. The molecule has 0 fully saturated rings. The molecule has 0 saturated carbocycles. The predicted molar refractivity (Wildman–Crippen MR) is 176 cm³/mol. The summed E-state index contributed by atoms with van der Waals surface area (Å²) in [4.78, 5) is 66.3. The fourth-order valence-electron chi connectivity index (χ4n) is 5.37. The normalized spacial score (nSPS) is 16.4. The third kappa shape index (κ3) is 7.35. The fourth-order valence-corrected chi connectivity index (χ4v) is 5.37. The fraction of sp³-hybridized carbons (Fsp3) is 0.147. The highest BCUT2D eigenvalue weighted by Crippen LogP contribution is 2.53. The molecule has 23 nitrogen and oxygen atoms in total. The van der Waals surface area contributed by atoms with Gasteiger partial charge >= 0.3 is 29.8 Å². The van der Waals surface area contributed by atoms with Crippen molar-refractivity contribution in [2.45, 2.75) is 24.4 Å². The maximum atomic E-state index is 14.0. The van der Waals surface area contributed by atoms with E-state index in [0.29, 0.717) is 36.4 Å². The van der Waals surface area contributed by atoms with Crippen LogP contribution in [0, 0.1) is 0 Å². The second kappa shape index (κ2) is 14.9. The number of cyclic esters (lactones) is 2. The Morgan fingerprint density at radius 1 is 0.579 bits per heavy atom. The number of rotatable bonds is 7. The summed E-state index contributed by atoms with van der Waals surface area (Å²) >= 11 is 0. The summed E-state index contributed by atoms with van der Waals surface area (Å²) in [6.45, 7) is -1.43. The number of ether oxygens (including phenoxy) is 4. The van der Waals surface area contributed by atoms with Gasteiger partial charge in [0.05, 0.1) is 22.3 Å². The maximum absolute atomic E-state index is 14.0. The van der Waals surface area contributed by atoms with Crippen LogP contribution in [0.5, 0.6) is 69.0 Å². The van der Waals surface area contributed by atoms with E-state index in [1.165, 1.54) is 0 Å². The van der Waals surface area contributed by atoms with E-state index in [0.717, 1.165) is 0 Å². The molecule has 1 aliphatic heterocycles. The van der Waals surface area contributed by atoms with Gasteiger partial charge in [-0.25, -0.2) is 24.0 Å². The topological polar surface area (TPSA) is 405 Å². The lowest BCUT2D eigenvalue weighted by atomic mass is 9.92. The van der Waals surface area contributed by atoms with Gasteiger partial charge in [-0.05, 0) is 36.4 Å². The molecule has 14 N–H and O–H groups in total. The number of phenols is 12. The van der Waals surface area contributed by atoms with E-state index in [1.54, 1.807) is 0 Å². The van der Waals surface area contributed by atoms with E-state index in [9.17, 15) is 95.5 Å². The summed E-state index contributed by atoms with van der Waals surface area (Å²) < 4.78 is 20.5. The Hall–Kier alpha value is -8.21. The molecule has 0 amide bonds. The van der Waals surface area contributed by atoms with Crippen LogP contribution in [0.2, 0.25) is 0 Å². The average molecular weight is 803 g/mol. The van der Waals surface area contributed by atoms with Crippen molar-refractivity contribution in [1.82, 2.24) is 0 Å². The van der Waals surface area contributed by atoms with Crippen molar-refractivity contribution in [1.29, 1.82) is 0 Å². The number of phenolic OH excluding ortho intramolecular Hbond substituents is 12. The Bertz CT molecular complexity index is 2320. The van der Waals surface area contributed by atoms with Crippen molar-refractivity contribution in [3.05, 3.63) is 58.7 Å². The molecular weight excluding hydrogens is 776 g/mol. The zero-order chi connectivity index (χ0) is 42.4. The first-order valence-corrected chi connectivity index (χ1v) is 15.4. The molecule has 0 spiro atoms. The lowest BCUT2D eigenvalue weighted by Crippen LogP contribution is -2.53. The first kappa shape index (κ1) is 40.0. The van der Waals surface area contributed by atoms with Gasteiger partial charge in [-0.1, -0.05) is 0 Å². The number of fused-ring (bicyclic) bond motifs is 3. The standard InChI is InChI=1S/C34H26O23/c35-12-1-8(2-13(36)21(12)41)31(50)55-18-7-54-33(52)10-5-16(39)23(43)25(45)19(10)20-11(6-17(40)24(44)26(20)46)34(53)56-28(18)27(47)29(30(48)49)57-32(51)9-3-14(37)22(42)15(38)4-9/h1-6,18,27-29,35-47H,7H2,(H,48,49). The third-order valence-corrected chi connectivity index (χ3v) is 8.18. The summed E-state index contributed by atoms with van der Waals surface area (Å²) in [5, 5.41) is 143. The summed E-state index contributed by atoms with van der Waals surface area (Å²) in [5.74, 6) is -24.1. The van der Waals surface area contributed by atoms with Crippen molar-refractivity contribution in [3.63, 3.8) is 0 Å². The van der Waals surface area contributed by atoms with Gasteiger partial charge < -0.3 is 90.4 Å². The smallest absolute Gasteiger partial charge is 0.347 e. The van der Waals surface area contributed by atoms with Crippen molar-refractivity contribution in [2.24, 2.45) is 0 Å². The van der Waals surface area contributed by atoms with Crippen molar-refractivity contribution < 1.29 is 114 Å². The molecular formula is C34H26O23. The molecule has 4 atom stereocenters. The molecule has 1 heterocycles. The molecule has 0 aliphatic carbocycles. The van der Waals surface area contributed by atoms with Crippen LogP contribution in [-0.4, -0.2) is 132 Å².